The first-order valence-electron chi connectivity index (χ1n) is 9.43. The van der Waals surface area contributed by atoms with Gasteiger partial charge in [0.15, 0.2) is 0 Å². The van der Waals surface area contributed by atoms with Crippen LogP contribution < -0.4 is 5.32 Å². The average Bonchev–Trinajstić information content (AvgIpc) is 3.38. The predicted molar refractivity (Wildman–Crippen MR) is 98.3 cm³/mol. The molecule has 0 aliphatic carbocycles. The number of carboxylic acid groups (broad SMARTS) is 1. The number of hydrogen-bond donors (Lipinski definition) is 2. The number of likely N-dealkylation sites (tertiary alicyclic amines) is 1. The standard InChI is InChI=1S/C17H22N4O2.C2HF3O2/c1-20-11-13(10-18-20)15-9-16(22)19-17(15)4-6-21(7-5-17)12-14-3-2-8-23-14;3-2(4,5)1(6)7/h2-3,8,10-11,15H,4-7,9,12H2,1H3,(H,19,22);(H,6,7). The molecule has 1 unspecified atom stereocenters. The Morgan fingerprint density at radius 1 is 1.40 bits per heavy atom. The third-order valence-corrected chi connectivity index (χ3v) is 5.52. The molecule has 0 aromatic carbocycles. The molecule has 4 rings (SSSR count). The average molecular weight is 428 g/mol. The monoisotopic (exact) mass is 428 g/mol. The number of amides is 1. The van der Waals surface area contributed by atoms with E-state index in [-0.39, 0.29) is 17.4 Å². The second-order valence-corrected chi connectivity index (χ2v) is 7.57. The topological polar surface area (TPSA) is 101 Å². The van der Waals surface area contributed by atoms with Gasteiger partial charge in [-0.1, -0.05) is 0 Å². The minimum Gasteiger partial charge on any atom is -0.475 e. The van der Waals surface area contributed by atoms with Gasteiger partial charge in [-0.3, -0.25) is 14.4 Å². The number of rotatable bonds is 3. The lowest BCUT2D eigenvalue weighted by molar-refractivity contribution is -0.192. The van der Waals surface area contributed by atoms with Gasteiger partial charge in [0.1, 0.15) is 5.76 Å². The van der Waals surface area contributed by atoms with Crippen LogP contribution in [0.3, 0.4) is 0 Å². The number of furan rings is 1. The minimum absolute atomic E-state index is 0.111. The molecule has 0 bridgehead atoms. The number of carbonyl (C=O) groups excluding carboxylic acids is 1. The number of halogens is 3. The first-order valence-corrected chi connectivity index (χ1v) is 9.43. The second-order valence-electron chi connectivity index (χ2n) is 7.57. The molecular formula is C19H23F3N4O4. The van der Waals surface area contributed by atoms with Crippen LogP contribution in [0.15, 0.2) is 35.2 Å². The van der Waals surface area contributed by atoms with Crippen molar-refractivity contribution >= 4 is 11.9 Å². The Labute approximate surface area is 170 Å². The number of carbonyl (C=O) groups is 2. The van der Waals surface area contributed by atoms with E-state index in [4.69, 9.17) is 14.3 Å². The van der Waals surface area contributed by atoms with Gasteiger partial charge in [0.25, 0.3) is 0 Å². The molecule has 2 aromatic heterocycles. The van der Waals surface area contributed by atoms with Gasteiger partial charge in [0.2, 0.25) is 5.91 Å². The summed E-state index contributed by atoms with van der Waals surface area (Å²) < 4.78 is 39.0. The molecule has 1 atom stereocenters. The number of aryl methyl sites for hydroxylation is 1. The zero-order chi connectivity index (χ0) is 21.9. The van der Waals surface area contributed by atoms with E-state index in [2.05, 4.69) is 15.3 Å². The molecule has 2 aliphatic heterocycles. The Bertz CT molecular complexity index is 871. The minimum atomic E-state index is -5.08. The summed E-state index contributed by atoms with van der Waals surface area (Å²) in [4.78, 5) is 23.4. The lowest BCUT2D eigenvalue weighted by Gasteiger charge is -2.42. The predicted octanol–water partition coefficient (Wildman–Crippen LogP) is 2.28. The molecule has 4 heterocycles. The van der Waals surface area contributed by atoms with Gasteiger partial charge in [0.05, 0.1) is 19.0 Å². The van der Waals surface area contributed by atoms with Crippen LogP contribution >= 0.6 is 0 Å². The fourth-order valence-corrected chi connectivity index (χ4v) is 4.06. The Balaban J connectivity index is 0.000000318. The summed E-state index contributed by atoms with van der Waals surface area (Å²) in [7, 11) is 1.92. The van der Waals surface area contributed by atoms with Gasteiger partial charge >= 0.3 is 12.1 Å². The van der Waals surface area contributed by atoms with Crippen LogP contribution in [0.25, 0.3) is 0 Å². The van der Waals surface area contributed by atoms with Crippen LogP contribution in [-0.2, 0) is 23.2 Å². The van der Waals surface area contributed by atoms with E-state index in [1.807, 2.05) is 36.3 Å². The van der Waals surface area contributed by atoms with Crippen LogP contribution in [0.4, 0.5) is 13.2 Å². The smallest absolute Gasteiger partial charge is 0.475 e. The molecule has 2 aliphatic rings. The summed E-state index contributed by atoms with van der Waals surface area (Å²) in [6, 6.07) is 3.94. The van der Waals surface area contributed by atoms with E-state index in [0.717, 1.165) is 38.2 Å². The third kappa shape index (κ3) is 5.02. The second kappa shape index (κ2) is 8.50. The fourth-order valence-electron chi connectivity index (χ4n) is 4.06. The van der Waals surface area contributed by atoms with Crippen molar-refractivity contribution < 1.29 is 32.3 Å². The summed E-state index contributed by atoms with van der Waals surface area (Å²) in [6.07, 6.45) is 3.10. The fraction of sp³-hybridized carbons (Fsp3) is 0.526. The number of carboxylic acids is 1. The number of aromatic nitrogens is 2. The van der Waals surface area contributed by atoms with Gasteiger partial charge in [-0.15, -0.1) is 0 Å². The van der Waals surface area contributed by atoms with Crippen LogP contribution in [0.5, 0.6) is 0 Å². The van der Waals surface area contributed by atoms with E-state index in [1.54, 1.807) is 6.26 Å². The largest absolute Gasteiger partial charge is 0.490 e. The van der Waals surface area contributed by atoms with Crippen molar-refractivity contribution in [1.29, 1.82) is 0 Å². The normalized spacial score (nSPS) is 21.2. The number of nitrogens with one attached hydrogen (secondary N) is 1. The zero-order valence-electron chi connectivity index (χ0n) is 16.4. The van der Waals surface area contributed by atoms with Crippen molar-refractivity contribution in [3.05, 3.63) is 42.1 Å². The molecule has 0 saturated carbocycles. The van der Waals surface area contributed by atoms with Crippen molar-refractivity contribution in [2.75, 3.05) is 13.1 Å². The first-order chi connectivity index (χ1) is 14.1. The van der Waals surface area contributed by atoms with E-state index in [0.29, 0.717) is 6.42 Å². The molecule has 1 amide bonds. The number of nitrogens with zero attached hydrogens (tertiary/aromatic N) is 3. The summed E-state index contributed by atoms with van der Waals surface area (Å²) in [6.45, 7) is 2.78. The highest BCUT2D eigenvalue weighted by Gasteiger charge is 2.49. The molecule has 164 valence electrons. The van der Waals surface area contributed by atoms with E-state index >= 15 is 0 Å². The zero-order valence-corrected chi connectivity index (χ0v) is 16.4. The van der Waals surface area contributed by atoms with Crippen molar-refractivity contribution in [1.82, 2.24) is 20.0 Å². The van der Waals surface area contributed by atoms with E-state index in [9.17, 15) is 18.0 Å². The molecule has 2 saturated heterocycles. The number of hydrogen-bond acceptors (Lipinski definition) is 5. The van der Waals surface area contributed by atoms with Gasteiger partial charge in [-0.25, -0.2) is 4.79 Å². The lowest BCUT2D eigenvalue weighted by atomic mass is 9.75. The summed E-state index contributed by atoms with van der Waals surface area (Å²) >= 11 is 0. The Kier molecular flexibility index (Phi) is 6.20. The van der Waals surface area contributed by atoms with Crippen LogP contribution in [0, 0.1) is 0 Å². The summed E-state index contributed by atoms with van der Waals surface area (Å²) in [5.41, 5.74) is 1.06. The Morgan fingerprint density at radius 2 is 2.07 bits per heavy atom. The van der Waals surface area contributed by atoms with Crippen molar-refractivity contribution in [2.24, 2.45) is 7.05 Å². The van der Waals surface area contributed by atoms with Gasteiger partial charge in [-0.2, -0.15) is 18.3 Å². The quantitative estimate of drug-likeness (QED) is 0.778. The SMILES string of the molecule is Cn1cc(C2CC(=O)NC23CCN(Cc2ccco2)CC3)cn1.O=C(O)C(F)(F)F. The Hall–Kier alpha value is -2.82. The van der Waals surface area contributed by atoms with E-state index in [1.165, 1.54) is 5.56 Å². The van der Waals surface area contributed by atoms with Gasteiger partial charge in [0, 0.05) is 44.2 Å². The maximum atomic E-state index is 12.1. The number of aliphatic carboxylic acids is 1. The molecule has 8 nitrogen and oxygen atoms in total. The van der Waals surface area contributed by atoms with Crippen molar-refractivity contribution in [2.45, 2.75) is 43.4 Å². The highest BCUT2D eigenvalue weighted by Crippen LogP contribution is 2.43. The lowest BCUT2D eigenvalue weighted by Crippen LogP contribution is -2.53. The van der Waals surface area contributed by atoms with Crippen LogP contribution in [0.1, 0.15) is 36.5 Å². The van der Waals surface area contributed by atoms with Gasteiger partial charge < -0.3 is 14.8 Å². The molecule has 30 heavy (non-hydrogen) atoms. The molecule has 0 radical (unpaired) electrons. The molecule has 1 spiro atoms. The molecule has 11 heteroatoms. The van der Waals surface area contributed by atoms with Crippen LogP contribution in [0.2, 0.25) is 0 Å². The third-order valence-electron chi connectivity index (χ3n) is 5.52. The van der Waals surface area contributed by atoms with E-state index < -0.39 is 12.1 Å². The number of alkyl halides is 3. The van der Waals surface area contributed by atoms with Gasteiger partial charge in [-0.05, 0) is 30.5 Å². The highest BCUT2D eigenvalue weighted by molar-refractivity contribution is 5.81. The van der Waals surface area contributed by atoms with Crippen molar-refractivity contribution in [3.8, 4) is 0 Å². The van der Waals surface area contributed by atoms with Crippen molar-refractivity contribution in [3.63, 3.8) is 0 Å². The molecular weight excluding hydrogens is 405 g/mol. The summed E-state index contributed by atoms with van der Waals surface area (Å²) in [5.74, 6) is -1.36. The molecule has 2 N–H and O–H groups in total. The molecule has 2 fully saturated rings. The molecule has 2 aromatic rings. The maximum Gasteiger partial charge on any atom is 0.490 e. The van der Waals surface area contributed by atoms with Crippen LogP contribution in [-0.4, -0.2) is 56.5 Å². The number of piperidine rings is 1. The maximum absolute atomic E-state index is 12.1. The Morgan fingerprint density at radius 3 is 2.57 bits per heavy atom. The highest BCUT2D eigenvalue weighted by atomic mass is 19.4. The first kappa shape index (κ1) is 21.9. The summed E-state index contributed by atoms with van der Waals surface area (Å²) in [5, 5.41) is 14.7.